The molecule has 0 aliphatic carbocycles. The molecule has 0 radical (unpaired) electrons. The number of aromatic nitrogens is 2. The maximum Gasteiger partial charge on any atom is 0.255 e. The highest BCUT2D eigenvalue weighted by molar-refractivity contribution is 7.98. The van der Waals surface area contributed by atoms with E-state index in [-0.39, 0.29) is 11.8 Å². The number of anilines is 1. The number of nitrogens with zero attached hydrogens (tertiary/aromatic N) is 3. The van der Waals surface area contributed by atoms with Crippen molar-refractivity contribution in [3.63, 3.8) is 0 Å². The second kappa shape index (κ2) is 9.94. The first-order valence-corrected chi connectivity index (χ1v) is 11.7. The molecule has 6 nitrogen and oxygen atoms in total. The van der Waals surface area contributed by atoms with Crippen LogP contribution in [0.5, 0.6) is 0 Å². The summed E-state index contributed by atoms with van der Waals surface area (Å²) in [6.07, 6.45) is 7.15. The molecule has 32 heavy (non-hydrogen) atoms. The largest absolute Gasteiger partial charge is 0.381 e. The van der Waals surface area contributed by atoms with Gasteiger partial charge in [0.2, 0.25) is 0 Å². The summed E-state index contributed by atoms with van der Waals surface area (Å²) in [5, 5.41) is 13.5. The van der Waals surface area contributed by atoms with Crippen LogP contribution in [0.3, 0.4) is 0 Å². The summed E-state index contributed by atoms with van der Waals surface area (Å²) in [7, 11) is 0. The zero-order valence-corrected chi connectivity index (χ0v) is 18.9. The third-order valence-electron chi connectivity index (χ3n) is 5.66. The van der Waals surface area contributed by atoms with Crippen LogP contribution in [-0.2, 0) is 4.74 Å². The lowest BCUT2D eigenvalue weighted by Gasteiger charge is -2.22. The molecule has 0 saturated carbocycles. The molecule has 0 unspecified atom stereocenters. The number of amides is 1. The van der Waals surface area contributed by atoms with Crippen LogP contribution in [-0.4, -0.2) is 35.3 Å². The van der Waals surface area contributed by atoms with Crippen molar-refractivity contribution in [2.24, 2.45) is 0 Å². The number of aryl methyl sites for hydroxylation is 1. The zero-order chi connectivity index (χ0) is 22.5. The molecule has 1 aliphatic rings. The van der Waals surface area contributed by atoms with Crippen molar-refractivity contribution >= 4 is 23.4 Å². The van der Waals surface area contributed by atoms with E-state index in [0.717, 1.165) is 40.3 Å². The molecule has 1 aromatic carbocycles. The maximum absolute atomic E-state index is 12.7. The number of carbonyl (C=O) groups excluding carboxylic acids is 1. The number of nitriles is 1. The van der Waals surface area contributed by atoms with E-state index in [0.29, 0.717) is 30.0 Å². The van der Waals surface area contributed by atoms with Crippen molar-refractivity contribution < 1.29 is 9.53 Å². The Morgan fingerprint density at radius 3 is 2.75 bits per heavy atom. The molecule has 0 spiro atoms. The molecule has 4 rings (SSSR count). The molecule has 2 aromatic heterocycles. The Bertz CT molecular complexity index is 1180. The highest BCUT2D eigenvalue weighted by atomic mass is 32.2. The van der Waals surface area contributed by atoms with Crippen molar-refractivity contribution in [2.75, 3.05) is 24.8 Å². The smallest absolute Gasteiger partial charge is 0.255 e. The molecule has 0 atom stereocenters. The van der Waals surface area contributed by atoms with E-state index < -0.39 is 0 Å². The van der Waals surface area contributed by atoms with Crippen LogP contribution >= 0.6 is 11.8 Å². The first-order chi connectivity index (χ1) is 15.6. The molecule has 1 fully saturated rings. The average molecular weight is 445 g/mol. The lowest BCUT2D eigenvalue weighted by molar-refractivity contribution is 0.0844. The maximum atomic E-state index is 12.7. The summed E-state index contributed by atoms with van der Waals surface area (Å²) >= 11 is 1.49. The number of carbonyl (C=O) groups is 1. The minimum absolute atomic E-state index is 0.191. The minimum atomic E-state index is -0.191. The molecular formula is C25H24N4O2S. The monoisotopic (exact) mass is 444 g/mol. The molecule has 3 aromatic rings. The molecule has 1 N–H and O–H groups in total. The summed E-state index contributed by atoms with van der Waals surface area (Å²) in [6, 6.07) is 13.5. The van der Waals surface area contributed by atoms with Crippen LogP contribution in [0.2, 0.25) is 0 Å². The Morgan fingerprint density at radius 2 is 2.00 bits per heavy atom. The molecule has 7 heteroatoms. The first-order valence-electron chi connectivity index (χ1n) is 10.5. The van der Waals surface area contributed by atoms with Gasteiger partial charge in [-0.05, 0) is 67.5 Å². The van der Waals surface area contributed by atoms with Crippen LogP contribution in [0.1, 0.15) is 45.9 Å². The van der Waals surface area contributed by atoms with Gasteiger partial charge in [0.1, 0.15) is 6.07 Å². The van der Waals surface area contributed by atoms with Gasteiger partial charge < -0.3 is 10.1 Å². The lowest BCUT2D eigenvalue weighted by Crippen LogP contribution is -2.16. The van der Waals surface area contributed by atoms with Crippen LogP contribution in [0.4, 0.5) is 5.69 Å². The van der Waals surface area contributed by atoms with Gasteiger partial charge in [-0.25, -0.2) is 4.98 Å². The molecule has 1 aliphatic heterocycles. The SMILES string of the molecule is CSc1cc(C(=O)Nc2ccc(C)c(-c3cnc(C4CCOCC4)c(C#N)c3)c2)ccn1. The van der Waals surface area contributed by atoms with Crippen molar-refractivity contribution in [3.8, 4) is 17.2 Å². The summed E-state index contributed by atoms with van der Waals surface area (Å²) in [5.74, 6) is 0.0638. The predicted molar refractivity (Wildman–Crippen MR) is 126 cm³/mol. The number of pyridine rings is 2. The molecule has 3 heterocycles. The van der Waals surface area contributed by atoms with Gasteiger partial charge in [0, 0.05) is 48.3 Å². The van der Waals surface area contributed by atoms with Crippen LogP contribution in [0.25, 0.3) is 11.1 Å². The number of nitrogens with one attached hydrogen (secondary N) is 1. The summed E-state index contributed by atoms with van der Waals surface area (Å²) in [5.41, 5.74) is 5.53. The number of hydrogen-bond acceptors (Lipinski definition) is 6. The van der Waals surface area contributed by atoms with Gasteiger partial charge in [0.15, 0.2) is 0 Å². The lowest BCUT2D eigenvalue weighted by atomic mass is 9.91. The van der Waals surface area contributed by atoms with E-state index in [4.69, 9.17) is 4.74 Å². The van der Waals surface area contributed by atoms with Crippen molar-refractivity contribution in [3.05, 3.63) is 71.2 Å². The Morgan fingerprint density at radius 1 is 1.19 bits per heavy atom. The highest BCUT2D eigenvalue weighted by Gasteiger charge is 2.21. The van der Waals surface area contributed by atoms with E-state index in [1.807, 2.05) is 43.6 Å². The number of ether oxygens (including phenoxy) is 1. The van der Waals surface area contributed by atoms with Gasteiger partial charge in [-0.3, -0.25) is 9.78 Å². The molecule has 162 valence electrons. The van der Waals surface area contributed by atoms with Crippen LogP contribution in [0.15, 0.2) is 53.8 Å². The fourth-order valence-electron chi connectivity index (χ4n) is 3.88. The summed E-state index contributed by atoms with van der Waals surface area (Å²) in [6.45, 7) is 3.42. The van der Waals surface area contributed by atoms with Gasteiger partial charge >= 0.3 is 0 Å². The Labute approximate surface area is 192 Å². The Balaban J connectivity index is 1.61. The molecule has 1 amide bonds. The molecule has 0 bridgehead atoms. The number of hydrogen-bond donors (Lipinski definition) is 1. The highest BCUT2D eigenvalue weighted by Crippen LogP contribution is 2.32. The second-order valence-electron chi connectivity index (χ2n) is 7.73. The number of rotatable bonds is 5. The van der Waals surface area contributed by atoms with Gasteiger partial charge in [0.05, 0.1) is 16.3 Å². The third-order valence-corrected chi connectivity index (χ3v) is 6.30. The standard InChI is InChI=1S/C25H24N4O2S/c1-16-3-4-21(29-25(30)18-5-8-27-23(12-18)32-2)13-22(16)20-11-19(14-26)24(28-15-20)17-6-9-31-10-7-17/h3-5,8,11-13,15,17H,6-7,9-10H2,1-2H3,(H,29,30). The first kappa shape index (κ1) is 22.0. The van der Waals surface area contributed by atoms with Gasteiger partial charge in [0.25, 0.3) is 5.91 Å². The minimum Gasteiger partial charge on any atom is -0.381 e. The van der Waals surface area contributed by atoms with Crippen molar-refractivity contribution in [1.82, 2.24) is 9.97 Å². The second-order valence-corrected chi connectivity index (χ2v) is 8.55. The summed E-state index contributed by atoms with van der Waals surface area (Å²) < 4.78 is 5.44. The quantitative estimate of drug-likeness (QED) is 0.545. The zero-order valence-electron chi connectivity index (χ0n) is 18.1. The van der Waals surface area contributed by atoms with Gasteiger partial charge in [-0.1, -0.05) is 6.07 Å². The third kappa shape index (κ3) is 4.82. The topological polar surface area (TPSA) is 87.9 Å². The van der Waals surface area contributed by atoms with Crippen molar-refractivity contribution in [1.29, 1.82) is 5.26 Å². The van der Waals surface area contributed by atoms with Crippen LogP contribution < -0.4 is 5.32 Å². The van der Waals surface area contributed by atoms with Gasteiger partial charge in [-0.15, -0.1) is 11.8 Å². The van der Waals surface area contributed by atoms with E-state index in [2.05, 4.69) is 21.4 Å². The Hall–Kier alpha value is -3.21. The van der Waals surface area contributed by atoms with E-state index in [1.165, 1.54) is 11.8 Å². The number of benzene rings is 1. The fourth-order valence-corrected chi connectivity index (χ4v) is 4.30. The van der Waals surface area contributed by atoms with Crippen LogP contribution in [0, 0.1) is 18.3 Å². The normalized spacial score (nSPS) is 14.0. The molecular weight excluding hydrogens is 420 g/mol. The van der Waals surface area contributed by atoms with Crippen molar-refractivity contribution in [2.45, 2.75) is 30.7 Å². The van der Waals surface area contributed by atoms with E-state index in [9.17, 15) is 10.1 Å². The Kier molecular flexibility index (Phi) is 6.84. The summed E-state index contributed by atoms with van der Waals surface area (Å²) in [4.78, 5) is 21.6. The average Bonchev–Trinajstić information content (AvgIpc) is 2.85. The molecule has 1 saturated heterocycles. The fraction of sp³-hybridized carbons (Fsp3) is 0.280. The number of thioether (sulfide) groups is 1. The van der Waals surface area contributed by atoms with E-state index >= 15 is 0 Å². The van der Waals surface area contributed by atoms with Gasteiger partial charge in [-0.2, -0.15) is 5.26 Å². The van der Waals surface area contributed by atoms with E-state index in [1.54, 1.807) is 18.3 Å². The predicted octanol–water partition coefficient (Wildman–Crippen LogP) is 5.19.